The average molecular weight is 401 g/mol. The normalized spacial score (nSPS) is 12.1. The lowest BCUT2D eigenvalue weighted by molar-refractivity contribution is -0.304. The molecule has 0 spiro atoms. The number of hydrogen-bond donors (Lipinski definition) is 0. The van der Waals surface area contributed by atoms with E-state index in [1.807, 2.05) is 13.0 Å². The van der Waals surface area contributed by atoms with Gasteiger partial charge in [0, 0.05) is 5.56 Å². The first-order valence-electron chi connectivity index (χ1n) is 8.89. The molecular formula is C19H21N4O4S-. The van der Waals surface area contributed by atoms with E-state index >= 15 is 0 Å². The summed E-state index contributed by atoms with van der Waals surface area (Å²) >= 11 is 1.18. The number of rotatable bonds is 9. The molecule has 1 atom stereocenters. The molecule has 0 radical (unpaired) electrons. The summed E-state index contributed by atoms with van der Waals surface area (Å²) in [6.07, 6.45) is 2.27. The quantitative estimate of drug-likeness (QED) is 0.503. The number of carbonyl (C=O) groups is 1. The third-order valence-electron chi connectivity index (χ3n) is 4.23. The van der Waals surface area contributed by atoms with Gasteiger partial charge in [-0.3, -0.25) is 0 Å². The SMILES string of the molecule is CCCC[C@H](Sc1ccc2nnc(-c3ccc(OC)c(OC)c3)n2n1)C(=O)[O-]. The van der Waals surface area contributed by atoms with Gasteiger partial charge < -0.3 is 19.4 Å². The fraction of sp³-hybridized carbons (Fsp3) is 0.368. The van der Waals surface area contributed by atoms with Crippen LogP contribution in [0.15, 0.2) is 35.4 Å². The third kappa shape index (κ3) is 4.19. The van der Waals surface area contributed by atoms with E-state index in [2.05, 4.69) is 15.3 Å². The van der Waals surface area contributed by atoms with Gasteiger partial charge in [-0.1, -0.05) is 31.5 Å². The van der Waals surface area contributed by atoms with Crippen LogP contribution in [0.1, 0.15) is 26.2 Å². The standard InChI is InChI=1S/C19H22N4O4S/c1-4-5-6-15(19(24)25)28-17-10-9-16-20-21-18(23(16)22-17)12-7-8-13(26-2)14(11-12)27-3/h7-11,15H,4-6H2,1-3H3,(H,24,25)/p-1/t15-/m0/s1. The van der Waals surface area contributed by atoms with Gasteiger partial charge in [0.05, 0.1) is 25.4 Å². The van der Waals surface area contributed by atoms with Gasteiger partial charge in [-0.05, 0) is 36.8 Å². The van der Waals surface area contributed by atoms with Crippen molar-refractivity contribution in [3.05, 3.63) is 30.3 Å². The number of aromatic nitrogens is 4. The van der Waals surface area contributed by atoms with Crippen LogP contribution in [0.2, 0.25) is 0 Å². The van der Waals surface area contributed by atoms with Crippen LogP contribution < -0.4 is 14.6 Å². The maximum atomic E-state index is 11.4. The van der Waals surface area contributed by atoms with Crippen molar-refractivity contribution in [2.45, 2.75) is 36.5 Å². The smallest absolute Gasteiger partial charge is 0.185 e. The number of methoxy groups -OCH3 is 2. The van der Waals surface area contributed by atoms with Crippen molar-refractivity contribution in [1.29, 1.82) is 0 Å². The summed E-state index contributed by atoms with van der Waals surface area (Å²) < 4.78 is 12.2. The maximum Gasteiger partial charge on any atom is 0.185 e. The molecule has 9 heteroatoms. The lowest BCUT2D eigenvalue weighted by atomic mass is 10.2. The molecule has 0 amide bonds. The van der Waals surface area contributed by atoms with E-state index < -0.39 is 11.2 Å². The number of carboxylic acid groups (broad SMARTS) is 1. The van der Waals surface area contributed by atoms with Gasteiger partial charge in [0.1, 0.15) is 5.03 Å². The van der Waals surface area contributed by atoms with E-state index in [4.69, 9.17) is 9.47 Å². The Bertz CT molecular complexity index is 976. The molecule has 0 unspecified atom stereocenters. The Morgan fingerprint density at radius 2 is 1.96 bits per heavy atom. The number of carboxylic acids is 1. The zero-order valence-electron chi connectivity index (χ0n) is 15.9. The first-order valence-corrected chi connectivity index (χ1v) is 9.77. The fourth-order valence-electron chi connectivity index (χ4n) is 2.75. The van der Waals surface area contributed by atoms with Gasteiger partial charge in [0.25, 0.3) is 0 Å². The number of hydrogen-bond acceptors (Lipinski definition) is 8. The molecule has 2 heterocycles. The number of thioether (sulfide) groups is 1. The topological polar surface area (TPSA) is 102 Å². The van der Waals surface area contributed by atoms with Crippen molar-refractivity contribution in [2.24, 2.45) is 0 Å². The molecule has 0 N–H and O–H groups in total. The highest BCUT2D eigenvalue weighted by Crippen LogP contribution is 2.32. The Hall–Kier alpha value is -2.81. The summed E-state index contributed by atoms with van der Waals surface area (Å²) in [5, 5.41) is 24.2. The highest BCUT2D eigenvalue weighted by molar-refractivity contribution is 8.00. The predicted octanol–water partition coefficient (Wildman–Crippen LogP) is 2.21. The Balaban J connectivity index is 1.95. The Morgan fingerprint density at radius 3 is 2.64 bits per heavy atom. The van der Waals surface area contributed by atoms with E-state index in [9.17, 15) is 9.90 Å². The molecule has 0 saturated heterocycles. The minimum atomic E-state index is -1.08. The summed E-state index contributed by atoms with van der Waals surface area (Å²) in [6.45, 7) is 2.02. The van der Waals surface area contributed by atoms with Crippen LogP contribution >= 0.6 is 11.8 Å². The Kier molecular flexibility index (Phi) is 6.35. The number of fused-ring (bicyclic) bond motifs is 1. The van der Waals surface area contributed by atoms with Crippen LogP contribution in [-0.4, -0.2) is 45.3 Å². The van der Waals surface area contributed by atoms with Crippen LogP contribution in [0.25, 0.3) is 17.0 Å². The number of aliphatic carboxylic acids is 1. The Labute approximate surface area is 166 Å². The lowest BCUT2D eigenvalue weighted by Gasteiger charge is -2.16. The molecule has 3 rings (SSSR count). The van der Waals surface area contributed by atoms with Gasteiger partial charge in [0.15, 0.2) is 23.0 Å². The third-order valence-corrected chi connectivity index (χ3v) is 5.40. The number of nitrogens with zero attached hydrogens (tertiary/aromatic N) is 4. The van der Waals surface area contributed by atoms with Crippen LogP contribution in [-0.2, 0) is 4.79 Å². The molecule has 0 bridgehead atoms. The minimum absolute atomic E-state index is 0.525. The molecule has 0 aliphatic heterocycles. The van der Waals surface area contributed by atoms with Gasteiger partial charge in [0.2, 0.25) is 0 Å². The first-order chi connectivity index (χ1) is 13.6. The summed E-state index contributed by atoms with van der Waals surface area (Å²) in [6, 6.07) is 8.92. The largest absolute Gasteiger partial charge is 0.549 e. The van der Waals surface area contributed by atoms with Gasteiger partial charge in [-0.15, -0.1) is 10.2 Å². The zero-order valence-corrected chi connectivity index (χ0v) is 16.7. The maximum absolute atomic E-state index is 11.4. The Morgan fingerprint density at radius 1 is 1.18 bits per heavy atom. The molecule has 0 aliphatic carbocycles. The van der Waals surface area contributed by atoms with Gasteiger partial charge in [-0.2, -0.15) is 9.61 Å². The number of unbranched alkanes of at least 4 members (excludes halogenated alkanes) is 1. The van der Waals surface area contributed by atoms with E-state index in [1.54, 1.807) is 43.0 Å². The average Bonchev–Trinajstić information content (AvgIpc) is 3.13. The molecule has 1 aromatic carbocycles. The molecule has 2 aromatic heterocycles. The highest BCUT2D eigenvalue weighted by atomic mass is 32.2. The van der Waals surface area contributed by atoms with Crippen molar-refractivity contribution in [1.82, 2.24) is 19.8 Å². The van der Waals surface area contributed by atoms with Crippen molar-refractivity contribution in [2.75, 3.05) is 14.2 Å². The summed E-state index contributed by atoms with van der Waals surface area (Å²) in [7, 11) is 3.13. The van der Waals surface area contributed by atoms with E-state index in [1.165, 1.54) is 11.8 Å². The van der Waals surface area contributed by atoms with Crippen molar-refractivity contribution in [3.63, 3.8) is 0 Å². The van der Waals surface area contributed by atoms with Crippen molar-refractivity contribution >= 4 is 23.4 Å². The van der Waals surface area contributed by atoms with Crippen LogP contribution in [0.4, 0.5) is 0 Å². The van der Waals surface area contributed by atoms with E-state index in [0.717, 1.165) is 18.4 Å². The molecule has 0 fully saturated rings. The summed E-state index contributed by atoms with van der Waals surface area (Å²) in [4.78, 5) is 11.4. The van der Waals surface area contributed by atoms with Crippen molar-refractivity contribution in [3.8, 4) is 22.9 Å². The predicted molar refractivity (Wildman–Crippen MR) is 103 cm³/mol. The second-order valence-electron chi connectivity index (χ2n) is 6.10. The lowest BCUT2D eigenvalue weighted by Crippen LogP contribution is -2.33. The number of benzene rings is 1. The molecular weight excluding hydrogens is 380 g/mol. The summed E-state index contributed by atoms with van der Waals surface area (Å²) in [5.41, 5.74) is 1.31. The van der Waals surface area contributed by atoms with Crippen molar-refractivity contribution < 1.29 is 19.4 Å². The monoisotopic (exact) mass is 401 g/mol. The number of ether oxygens (including phenoxy) is 2. The van der Waals surface area contributed by atoms with E-state index in [-0.39, 0.29) is 0 Å². The van der Waals surface area contributed by atoms with Gasteiger partial charge >= 0.3 is 0 Å². The zero-order chi connectivity index (χ0) is 20.1. The second kappa shape index (κ2) is 8.92. The first kappa shape index (κ1) is 19.9. The number of carbonyl (C=O) groups excluding carboxylic acids is 1. The van der Waals surface area contributed by atoms with Crippen LogP contribution in [0.5, 0.6) is 11.5 Å². The van der Waals surface area contributed by atoms with Crippen LogP contribution in [0.3, 0.4) is 0 Å². The van der Waals surface area contributed by atoms with Gasteiger partial charge in [-0.25, -0.2) is 0 Å². The highest BCUT2D eigenvalue weighted by Gasteiger charge is 2.16. The fourth-order valence-corrected chi connectivity index (χ4v) is 3.70. The molecule has 3 aromatic rings. The second-order valence-corrected chi connectivity index (χ2v) is 7.33. The molecule has 0 saturated carbocycles. The molecule has 28 heavy (non-hydrogen) atoms. The van der Waals surface area contributed by atoms with E-state index in [0.29, 0.717) is 34.4 Å². The molecule has 148 valence electrons. The summed E-state index contributed by atoms with van der Waals surface area (Å²) in [5.74, 6) is 0.622. The van der Waals surface area contributed by atoms with Crippen LogP contribution in [0, 0.1) is 0 Å². The molecule has 0 aliphatic rings. The molecule has 8 nitrogen and oxygen atoms in total. The minimum Gasteiger partial charge on any atom is -0.549 e.